The van der Waals surface area contributed by atoms with Crippen LogP contribution in [-0.2, 0) is 10.5 Å². The third-order valence-corrected chi connectivity index (χ3v) is 5.91. The van der Waals surface area contributed by atoms with E-state index in [2.05, 4.69) is 15.5 Å². The summed E-state index contributed by atoms with van der Waals surface area (Å²) in [6.07, 6.45) is 1.59. The van der Waals surface area contributed by atoms with E-state index in [-0.39, 0.29) is 17.5 Å². The van der Waals surface area contributed by atoms with Gasteiger partial charge in [-0.3, -0.25) is 9.36 Å². The molecule has 3 aromatic rings. The number of hydrogen-bond acceptors (Lipinski definition) is 5. The van der Waals surface area contributed by atoms with E-state index in [1.165, 1.54) is 17.8 Å². The molecule has 1 aromatic heterocycles. The van der Waals surface area contributed by atoms with Gasteiger partial charge >= 0.3 is 0 Å². The van der Waals surface area contributed by atoms with Gasteiger partial charge in [0.05, 0.1) is 11.4 Å². The second-order valence-corrected chi connectivity index (χ2v) is 8.23. The van der Waals surface area contributed by atoms with Crippen molar-refractivity contribution in [3.05, 3.63) is 71.3 Å². The van der Waals surface area contributed by atoms with Crippen molar-refractivity contribution < 1.29 is 9.18 Å². The Kier molecular flexibility index (Phi) is 7.76. The Hall–Kier alpha value is -2.03. The van der Waals surface area contributed by atoms with E-state index in [0.717, 1.165) is 5.69 Å². The van der Waals surface area contributed by atoms with E-state index in [1.807, 2.05) is 24.3 Å². The van der Waals surface area contributed by atoms with Crippen LogP contribution in [0.3, 0.4) is 0 Å². The average molecular weight is 437 g/mol. The number of carbonyl (C=O) groups is 1. The summed E-state index contributed by atoms with van der Waals surface area (Å²) in [6.45, 7) is 0.527. The lowest BCUT2D eigenvalue weighted by Crippen LogP contribution is -2.27. The molecule has 0 bridgehead atoms. The fraction of sp³-hybridized carbons (Fsp3) is 0.211. The maximum absolute atomic E-state index is 13.5. The molecule has 3 rings (SSSR count). The second kappa shape index (κ2) is 10.5. The Morgan fingerprint density at radius 3 is 2.89 bits per heavy atom. The topological polar surface area (TPSA) is 59.8 Å². The second-order valence-electron chi connectivity index (χ2n) is 5.75. The van der Waals surface area contributed by atoms with Crippen LogP contribution in [0.4, 0.5) is 4.39 Å². The lowest BCUT2D eigenvalue weighted by molar-refractivity contribution is -0.118. The van der Waals surface area contributed by atoms with Crippen LogP contribution in [0.15, 0.2) is 60.0 Å². The molecule has 0 spiro atoms. The molecular weight excluding hydrogens is 419 g/mol. The molecule has 0 aliphatic rings. The van der Waals surface area contributed by atoms with Gasteiger partial charge in [-0.25, -0.2) is 4.39 Å². The summed E-state index contributed by atoms with van der Waals surface area (Å²) < 4.78 is 15.3. The van der Waals surface area contributed by atoms with Crippen LogP contribution in [0, 0.1) is 5.82 Å². The number of nitrogens with zero attached hydrogens (tertiary/aromatic N) is 3. The number of hydrogen-bond donors (Lipinski definition) is 1. The normalized spacial score (nSPS) is 10.8. The number of amides is 1. The van der Waals surface area contributed by atoms with E-state index in [9.17, 15) is 9.18 Å². The fourth-order valence-corrected chi connectivity index (χ4v) is 4.16. The smallest absolute Gasteiger partial charge is 0.230 e. The third kappa shape index (κ3) is 5.98. The Bertz CT molecular complexity index is 938. The summed E-state index contributed by atoms with van der Waals surface area (Å²) in [5.74, 6) is 1.25. The zero-order valence-electron chi connectivity index (χ0n) is 14.8. The van der Waals surface area contributed by atoms with Crippen LogP contribution >= 0.6 is 35.1 Å². The van der Waals surface area contributed by atoms with E-state index >= 15 is 0 Å². The Labute approximate surface area is 176 Å². The Balaban J connectivity index is 1.39. The van der Waals surface area contributed by atoms with Gasteiger partial charge in [0.2, 0.25) is 5.91 Å². The molecule has 0 unspecified atom stereocenters. The minimum absolute atomic E-state index is 0.0860. The van der Waals surface area contributed by atoms with Crippen molar-refractivity contribution in [2.75, 3.05) is 18.1 Å². The van der Waals surface area contributed by atoms with Crippen molar-refractivity contribution in [3.63, 3.8) is 0 Å². The van der Waals surface area contributed by atoms with E-state index in [1.54, 1.807) is 40.9 Å². The minimum atomic E-state index is -0.195. The van der Waals surface area contributed by atoms with Gasteiger partial charge in [-0.1, -0.05) is 47.6 Å². The molecule has 1 heterocycles. The quantitative estimate of drug-likeness (QED) is 0.402. The van der Waals surface area contributed by atoms with Crippen molar-refractivity contribution in [3.8, 4) is 5.69 Å². The number of halogens is 2. The maximum atomic E-state index is 13.5. The van der Waals surface area contributed by atoms with Gasteiger partial charge < -0.3 is 5.32 Å². The molecule has 0 aliphatic carbocycles. The molecule has 1 N–H and O–H groups in total. The average Bonchev–Trinajstić information content (AvgIpc) is 3.16. The zero-order valence-corrected chi connectivity index (χ0v) is 17.2. The van der Waals surface area contributed by atoms with Gasteiger partial charge in [0, 0.05) is 23.1 Å². The molecular formula is C19H18ClFN4OS2. The third-order valence-electron chi connectivity index (χ3n) is 3.72. The predicted octanol–water partition coefficient (Wildman–Crippen LogP) is 4.20. The van der Waals surface area contributed by atoms with Gasteiger partial charge in [0.1, 0.15) is 12.1 Å². The molecule has 5 nitrogen and oxygen atoms in total. The van der Waals surface area contributed by atoms with E-state index < -0.39 is 0 Å². The number of benzene rings is 2. The van der Waals surface area contributed by atoms with Crippen LogP contribution in [0.2, 0.25) is 5.02 Å². The van der Waals surface area contributed by atoms with Crippen LogP contribution in [0.25, 0.3) is 5.69 Å². The molecule has 0 radical (unpaired) electrons. The molecule has 28 heavy (non-hydrogen) atoms. The summed E-state index contributed by atoms with van der Waals surface area (Å²) in [5.41, 5.74) is 1.51. The molecule has 0 aliphatic heterocycles. The minimum Gasteiger partial charge on any atom is -0.355 e. The standard InChI is InChI=1S/C19H18ClFN4OS2/c20-15-5-3-6-16(10-15)25-13-23-24-19(25)28-12-18(26)22-8-9-27-11-14-4-1-2-7-17(14)21/h1-7,10,13H,8-9,11-12H2,(H,22,26). The summed E-state index contributed by atoms with van der Waals surface area (Å²) >= 11 is 8.91. The highest BCUT2D eigenvalue weighted by atomic mass is 35.5. The Morgan fingerprint density at radius 1 is 1.21 bits per heavy atom. The van der Waals surface area contributed by atoms with Crippen LogP contribution in [-0.4, -0.2) is 38.7 Å². The van der Waals surface area contributed by atoms with Crippen LogP contribution < -0.4 is 5.32 Å². The molecule has 0 saturated carbocycles. The zero-order chi connectivity index (χ0) is 19.8. The van der Waals surface area contributed by atoms with Crippen molar-refractivity contribution in [1.29, 1.82) is 0 Å². The highest BCUT2D eigenvalue weighted by Crippen LogP contribution is 2.21. The van der Waals surface area contributed by atoms with Gasteiger partial charge in [-0.2, -0.15) is 11.8 Å². The fourth-order valence-electron chi connectivity index (χ4n) is 2.37. The van der Waals surface area contributed by atoms with Crippen molar-refractivity contribution in [1.82, 2.24) is 20.1 Å². The van der Waals surface area contributed by atoms with Gasteiger partial charge in [0.15, 0.2) is 5.16 Å². The van der Waals surface area contributed by atoms with Crippen molar-refractivity contribution >= 4 is 41.0 Å². The number of rotatable bonds is 9. The van der Waals surface area contributed by atoms with Gasteiger partial charge in [-0.15, -0.1) is 10.2 Å². The van der Waals surface area contributed by atoms with E-state index in [0.29, 0.717) is 33.8 Å². The summed E-state index contributed by atoms with van der Waals surface area (Å²) in [5, 5.41) is 12.1. The van der Waals surface area contributed by atoms with Crippen LogP contribution in [0.5, 0.6) is 0 Å². The SMILES string of the molecule is O=C(CSc1nncn1-c1cccc(Cl)c1)NCCSCc1ccccc1F. The molecule has 9 heteroatoms. The first-order chi connectivity index (χ1) is 13.6. The van der Waals surface area contributed by atoms with Crippen LogP contribution in [0.1, 0.15) is 5.56 Å². The molecule has 0 atom stereocenters. The Morgan fingerprint density at radius 2 is 2.07 bits per heavy atom. The summed E-state index contributed by atoms with van der Waals surface area (Å²) in [4.78, 5) is 12.0. The number of aromatic nitrogens is 3. The van der Waals surface area contributed by atoms with Crippen molar-refractivity contribution in [2.24, 2.45) is 0 Å². The first-order valence-electron chi connectivity index (χ1n) is 8.50. The van der Waals surface area contributed by atoms with Gasteiger partial charge in [-0.05, 0) is 29.8 Å². The first kappa shape index (κ1) is 20.7. The lowest BCUT2D eigenvalue weighted by atomic mass is 10.2. The number of nitrogens with one attached hydrogen (secondary N) is 1. The highest BCUT2D eigenvalue weighted by Gasteiger charge is 2.10. The molecule has 1 amide bonds. The van der Waals surface area contributed by atoms with Crippen molar-refractivity contribution in [2.45, 2.75) is 10.9 Å². The molecule has 0 fully saturated rings. The van der Waals surface area contributed by atoms with E-state index in [4.69, 9.17) is 11.6 Å². The number of carbonyl (C=O) groups excluding carboxylic acids is 1. The highest BCUT2D eigenvalue weighted by molar-refractivity contribution is 7.99. The largest absolute Gasteiger partial charge is 0.355 e. The monoisotopic (exact) mass is 436 g/mol. The maximum Gasteiger partial charge on any atom is 0.230 e. The van der Waals surface area contributed by atoms with Gasteiger partial charge in [0.25, 0.3) is 0 Å². The molecule has 146 valence electrons. The molecule has 0 saturated heterocycles. The summed E-state index contributed by atoms with van der Waals surface area (Å²) in [7, 11) is 0. The summed E-state index contributed by atoms with van der Waals surface area (Å²) in [6, 6.07) is 14.1. The lowest BCUT2D eigenvalue weighted by Gasteiger charge is -2.07. The first-order valence-corrected chi connectivity index (χ1v) is 11.0. The number of thioether (sulfide) groups is 2. The predicted molar refractivity (Wildman–Crippen MR) is 113 cm³/mol. The molecule has 2 aromatic carbocycles.